The van der Waals surface area contributed by atoms with E-state index in [9.17, 15) is 9.59 Å². The highest BCUT2D eigenvalue weighted by molar-refractivity contribution is 7.99. The van der Waals surface area contributed by atoms with Crippen LogP contribution in [0.1, 0.15) is 0 Å². The first-order chi connectivity index (χ1) is 15.2. The van der Waals surface area contributed by atoms with Crippen LogP contribution in [-0.2, 0) is 4.79 Å². The molecule has 10 heteroatoms. The molecule has 0 radical (unpaired) electrons. The van der Waals surface area contributed by atoms with E-state index in [1.54, 1.807) is 0 Å². The van der Waals surface area contributed by atoms with Gasteiger partial charge in [0.1, 0.15) is 0 Å². The number of para-hydroxylation sites is 1. The molecule has 3 aromatic rings. The van der Waals surface area contributed by atoms with Crippen LogP contribution in [0, 0.1) is 0 Å². The lowest BCUT2D eigenvalue weighted by Gasteiger charge is -2.11. The van der Waals surface area contributed by atoms with Crippen molar-refractivity contribution in [3.8, 4) is 28.6 Å². The first-order valence-corrected chi connectivity index (χ1v) is 10.4. The number of ether oxygens (including phenoxy) is 2. The maximum Gasteiger partial charge on any atom is 0.321 e. The van der Waals surface area contributed by atoms with Crippen LogP contribution in [0.25, 0.3) is 17.1 Å². The van der Waals surface area contributed by atoms with Crippen molar-refractivity contribution >= 4 is 23.7 Å². The van der Waals surface area contributed by atoms with Crippen LogP contribution in [0.4, 0.5) is 4.79 Å². The van der Waals surface area contributed by atoms with E-state index < -0.39 is 11.9 Å². The second kappa shape index (κ2) is 9.35. The molecule has 0 bridgehead atoms. The third-order valence-electron chi connectivity index (χ3n) is 4.27. The number of nitrogens with zero attached hydrogens (tertiary/aromatic N) is 3. The normalized spacial score (nSPS) is 11.7. The molecule has 2 heterocycles. The van der Waals surface area contributed by atoms with Gasteiger partial charge in [-0.2, -0.15) is 0 Å². The molecule has 0 unspecified atom stereocenters. The van der Waals surface area contributed by atoms with Gasteiger partial charge in [-0.1, -0.05) is 36.0 Å². The summed E-state index contributed by atoms with van der Waals surface area (Å²) in [6.07, 6.45) is 1.53. The molecule has 0 aliphatic carbocycles. The molecule has 1 aliphatic heterocycles. The van der Waals surface area contributed by atoms with Gasteiger partial charge in [-0.25, -0.2) is 4.79 Å². The number of amides is 3. The topological polar surface area (TPSA) is 107 Å². The zero-order valence-corrected chi connectivity index (χ0v) is 17.2. The number of carbonyl (C=O) groups excluding carboxylic acids is 2. The summed E-state index contributed by atoms with van der Waals surface area (Å²) >= 11 is 1.18. The van der Waals surface area contributed by atoms with Crippen molar-refractivity contribution in [1.29, 1.82) is 0 Å². The van der Waals surface area contributed by atoms with Crippen molar-refractivity contribution in [2.24, 2.45) is 0 Å². The van der Waals surface area contributed by atoms with E-state index in [0.717, 1.165) is 11.3 Å². The summed E-state index contributed by atoms with van der Waals surface area (Å²) < 4.78 is 12.7. The van der Waals surface area contributed by atoms with Crippen LogP contribution < -0.4 is 20.1 Å². The molecule has 4 rings (SSSR count). The largest absolute Gasteiger partial charge is 0.454 e. The molecule has 2 aromatic carbocycles. The van der Waals surface area contributed by atoms with E-state index in [-0.39, 0.29) is 19.1 Å². The lowest BCUT2D eigenvalue weighted by molar-refractivity contribution is -0.117. The zero-order valence-electron chi connectivity index (χ0n) is 16.4. The number of nitrogens with one attached hydrogen (secondary N) is 2. The van der Waals surface area contributed by atoms with E-state index in [0.29, 0.717) is 22.5 Å². The van der Waals surface area contributed by atoms with Crippen LogP contribution in [-0.4, -0.2) is 45.8 Å². The summed E-state index contributed by atoms with van der Waals surface area (Å²) in [5, 5.41) is 13.9. The summed E-state index contributed by atoms with van der Waals surface area (Å²) in [6, 6.07) is 14.5. The lowest BCUT2D eigenvalue weighted by Crippen LogP contribution is -2.40. The van der Waals surface area contributed by atoms with Crippen LogP contribution >= 0.6 is 11.8 Å². The second-order valence-electron chi connectivity index (χ2n) is 6.38. The molecule has 31 heavy (non-hydrogen) atoms. The number of hydrogen-bond donors (Lipinski definition) is 2. The van der Waals surface area contributed by atoms with Crippen LogP contribution in [0.15, 0.2) is 66.3 Å². The average Bonchev–Trinajstić information content (AvgIpc) is 3.43. The Bertz CT molecular complexity index is 1120. The zero-order chi connectivity index (χ0) is 21.6. The van der Waals surface area contributed by atoms with Crippen molar-refractivity contribution in [2.45, 2.75) is 5.16 Å². The summed E-state index contributed by atoms with van der Waals surface area (Å²) in [4.78, 5) is 23.8. The molecule has 3 amide bonds. The molecular formula is C21H19N5O4S. The maximum atomic E-state index is 12.1. The van der Waals surface area contributed by atoms with Gasteiger partial charge in [-0.05, 0) is 30.3 Å². The molecule has 0 fully saturated rings. The quantitative estimate of drug-likeness (QED) is 0.432. The van der Waals surface area contributed by atoms with E-state index in [4.69, 9.17) is 9.47 Å². The molecular weight excluding hydrogens is 418 g/mol. The van der Waals surface area contributed by atoms with Crippen molar-refractivity contribution < 1.29 is 19.1 Å². The Morgan fingerprint density at radius 3 is 2.74 bits per heavy atom. The SMILES string of the molecule is C=CCNC(=O)NC(=O)CSc1nnc(-c2ccc3c(c2)OCO3)n1-c1ccccc1. The highest BCUT2D eigenvalue weighted by Gasteiger charge is 2.20. The van der Waals surface area contributed by atoms with E-state index >= 15 is 0 Å². The van der Waals surface area contributed by atoms with Crippen molar-refractivity contribution in [2.75, 3.05) is 19.1 Å². The fraction of sp³-hybridized carbons (Fsp3) is 0.143. The first-order valence-electron chi connectivity index (χ1n) is 9.38. The Balaban J connectivity index is 1.58. The van der Waals surface area contributed by atoms with Gasteiger partial charge in [0, 0.05) is 17.8 Å². The lowest BCUT2D eigenvalue weighted by atomic mass is 10.2. The van der Waals surface area contributed by atoms with Crippen LogP contribution in [0.2, 0.25) is 0 Å². The van der Waals surface area contributed by atoms with Gasteiger partial charge >= 0.3 is 6.03 Å². The van der Waals surface area contributed by atoms with Crippen LogP contribution in [0.5, 0.6) is 11.5 Å². The fourth-order valence-electron chi connectivity index (χ4n) is 2.90. The number of fused-ring (bicyclic) bond motifs is 1. The first kappa shape index (κ1) is 20.5. The minimum Gasteiger partial charge on any atom is -0.454 e. The summed E-state index contributed by atoms with van der Waals surface area (Å²) in [5.41, 5.74) is 1.63. The maximum absolute atomic E-state index is 12.1. The molecule has 0 saturated carbocycles. The van der Waals surface area contributed by atoms with Crippen LogP contribution in [0.3, 0.4) is 0 Å². The Morgan fingerprint density at radius 2 is 1.94 bits per heavy atom. The van der Waals surface area contributed by atoms with Gasteiger partial charge in [-0.15, -0.1) is 16.8 Å². The Morgan fingerprint density at radius 1 is 1.13 bits per heavy atom. The van der Waals surface area contributed by atoms with Gasteiger partial charge in [0.05, 0.1) is 5.75 Å². The predicted molar refractivity (Wildman–Crippen MR) is 115 cm³/mol. The Kier molecular flexibility index (Phi) is 6.18. The number of urea groups is 1. The molecule has 158 valence electrons. The van der Waals surface area contributed by atoms with E-state index in [1.807, 2.05) is 53.1 Å². The molecule has 9 nitrogen and oxygen atoms in total. The van der Waals surface area contributed by atoms with Crippen molar-refractivity contribution in [3.63, 3.8) is 0 Å². The number of aromatic nitrogens is 3. The summed E-state index contributed by atoms with van der Waals surface area (Å²) in [6.45, 7) is 3.96. The third kappa shape index (κ3) is 4.69. The number of rotatable bonds is 7. The van der Waals surface area contributed by atoms with Crippen molar-refractivity contribution in [3.05, 3.63) is 61.2 Å². The number of carbonyl (C=O) groups is 2. The molecule has 0 atom stereocenters. The second-order valence-corrected chi connectivity index (χ2v) is 7.32. The van der Waals surface area contributed by atoms with Gasteiger partial charge in [0.15, 0.2) is 22.5 Å². The van der Waals surface area contributed by atoms with Gasteiger partial charge < -0.3 is 14.8 Å². The Hall–Kier alpha value is -3.79. The van der Waals surface area contributed by atoms with Gasteiger partial charge in [-0.3, -0.25) is 14.7 Å². The van der Waals surface area contributed by atoms with Gasteiger partial charge in [0.2, 0.25) is 12.7 Å². The Labute approximate surface area is 182 Å². The monoisotopic (exact) mass is 437 g/mol. The van der Waals surface area contributed by atoms with E-state index in [1.165, 1.54) is 17.8 Å². The van der Waals surface area contributed by atoms with Crippen molar-refractivity contribution in [1.82, 2.24) is 25.4 Å². The number of benzene rings is 2. The molecule has 2 N–H and O–H groups in total. The average molecular weight is 437 g/mol. The highest BCUT2D eigenvalue weighted by Crippen LogP contribution is 2.36. The molecule has 1 aliphatic rings. The minimum atomic E-state index is -0.573. The standard InChI is InChI=1S/C21H19N5O4S/c1-2-10-22-20(28)23-18(27)12-31-21-25-24-19(26(21)15-6-4-3-5-7-15)14-8-9-16-17(11-14)30-13-29-16/h2-9,11H,1,10,12-13H2,(H2,22,23,27,28). The van der Waals surface area contributed by atoms with Gasteiger partial charge in [0.25, 0.3) is 0 Å². The summed E-state index contributed by atoms with van der Waals surface area (Å²) in [5.74, 6) is 1.46. The smallest absolute Gasteiger partial charge is 0.321 e. The highest BCUT2D eigenvalue weighted by atomic mass is 32.2. The number of hydrogen-bond acceptors (Lipinski definition) is 7. The number of thioether (sulfide) groups is 1. The summed E-state index contributed by atoms with van der Waals surface area (Å²) in [7, 11) is 0. The predicted octanol–water partition coefficient (Wildman–Crippen LogP) is 2.77. The minimum absolute atomic E-state index is 0.00633. The third-order valence-corrected chi connectivity index (χ3v) is 5.20. The molecule has 0 saturated heterocycles. The molecule has 1 aromatic heterocycles. The number of imide groups is 1. The van der Waals surface area contributed by atoms with E-state index in [2.05, 4.69) is 27.4 Å². The fourth-order valence-corrected chi connectivity index (χ4v) is 3.65. The molecule has 0 spiro atoms.